The maximum atomic E-state index is 12.5. The number of β-amino-alcohol motifs (C(OH)–C–C–N with tert-alkyl or cyclic N) is 1. The number of rotatable bonds is 10. The van der Waals surface area contributed by atoms with Crippen LogP contribution in [-0.2, 0) is 16.0 Å². The zero-order chi connectivity index (χ0) is 23.8. The highest BCUT2D eigenvalue weighted by Crippen LogP contribution is 2.19. The first-order valence-electron chi connectivity index (χ1n) is 11.3. The van der Waals surface area contributed by atoms with Gasteiger partial charge in [0, 0.05) is 38.4 Å². The largest absolute Gasteiger partial charge is 0.491 e. The highest BCUT2D eigenvalue weighted by Gasteiger charge is 2.21. The summed E-state index contributed by atoms with van der Waals surface area (Å²) in [5, 5.41) is 13.4. The minimum absolute atomic E-state index is 0.00358. The van der Waals surface area contributed by atoms with Gasteiger partial charge in [0.2, 0.25) is 11.8 Å². The van der Waals surface area contributed by atoms with Crippen molar-refractivity contribution in [1.82, 2.24) is 9.80 Å². The number of primary amides is 1. The molecule has 1 aliphatic heterocycles. The Morgan fingerprint density at radius 1 is 1.03 bits per heavy atom. The maximum Gasteiger partial charge on any atom is 0.238 e. The van der Waals surface area contributed by atoms with Gasteiger partial charge >= 0.3 is 0 Å². The number of aryl methyl sites for hydroxylation is 2. The molecule has 1 fully saturated rings. The highest BCUT2D eigenvalue weighted by atomic mass is 16.5. The van der Waals surface area contributed by atoms with Crippen molar-refractivity contribution >= 4 is 17.5 Å². The predicted molar refractivity (Wildman–Crippen MR) is 128 cm³/mol. The van der Waals surface area contributed by atoms with Crippen LogP contribution in [0.15, 0.2) is 42.5 Å². The number of nitrogens with two attached hydrogens (primary N) is 1. The normalized spacial score (nSPS) is 15.7. The summed E-state index contributed by atoms with van der Waals surface area (Å²) in [5.74, 6) is 0.263. The average molecular weight is 455 g/mol. The summed E-state index contributed by atoms with van der Waals surface area (Å²) >= 11 is 0. The number of carbonyl (C=O) groups excluding carboxylic acids is 2. The summed E-state index contributed by atoms with van der Waals surface area (Å²) in [7, 11) is 0. The lowest BCUT2D eigenvalue weighted by Crippen LogP contribution is -2.50. The molecule has 0 aliphatic carbocycles. The molecule has 178 valence electrons. The van der Waals surface area contributed by atoms with E-state index in [1.54, 1.807) is 24.3 Å². The Hall–Kier alpha value is -2.94. The summed E-state index contributed by atoms with van der Waals surface area (Å²) in [5.41, 5.74) is 9.04. The molecule has 2 amide bonds. The van der Waals surface area contributed by atoms with Crippen LogP contribution in [0.2, 0.25) is 0 Å². The molecule has 8 heteroatoms. The quantitative estimate of drug-likeness (QED) is 0.500. The van der Waals surface area contributed by atoms with E-state index in [2.05, 4.69) is 15.1 Å². The van der Waals surface area contributed by atoms with Crippen LogP contribution in [0, 0.1) is 13.8 Å². The number of hydrogen-bond donors (Lipinski definition) is 3. The zero-order valence-electron chi connectivity index (χ0n) is 19.4. The van der Waals surface area contributed by atoms with Gasteiger partial charge in [-0.3, -0.25) is 19.4 Å². The summed E-state index contributed by atoms with van der Waals surface area (Å²) < 4.78 is 5.66. The van der Waals surface area contributed by atoms with Crippen molar-refractivity contribution in [1.29, 1.82) is 0 Å². The molecule has 33 heavy (non-hydrogen) atoms. The lowest BCUT2D eigenvalue weighted by molar-refractivity contribution is -0.118. The predicted octanol–water partition coefficient (Wildman–Crippen LogP) is 1.33. The lowest BCUT2D eigenvalue weighted by Gasteiger charge is -2.35. The number of benzene rings is 2. The molecular formula is C25H34N4O4. The number of amides is 2. The highest BCUT2D eigenvalue weighted by molar-refractivity contribution is 5.93. The van der Waals surface area contributed by atoms with Crippen LogP contribution in [0.4, 0.5) is 5.69 Å². The van der Waals surface area contributed by atoms with Crippen molar-refractivity contribution in [3.63, 3.8) is 0 Å². The number of nitrogens with zero attached hydrogens (tertiary/aromatic N) is 2. The minimum Gasteiger partial charge on any atom is -0.491 e. The van der Waals surface area contributed by atoms with Crippen LogP contribution >= 0.6 is 0 Å². The molecule has 0 spiro atoms. The Morgan fingerprint density at radius 3 is 2.24 bits per heavy atom. The molecule has 0 aromatic heterocycles. The minimum atomic E-state index is -0.617. The van der Waals surface area contributed by atoms with E-state index in [1.165, 1.54) is 0 Å². The number of nitrogens with one attached hydrogen (secondary N) is 1. The monoisotopic (exact) mass is 454 g/mol. The molecule has 2 aromatic carbocycles. The van der Waals surface area contributed by atoms with Crippen LogP contribution < -0.4 is 15.8 Å². The molecule has 0 bridgehead atoms. The van der Waals surface area contributed by atoms with E-state index in [4.69, 9.17) is 10.5 Å². The molecule has 8 nitrogen and oxygen atoms in total. The first kappa shape index (κ1) is 24.7. The first-order valence-corrected chi connectivity index (χ1v) is 11.3. The van der Waals surface area contributed by atoms with E-state index >= 15 is 0 Å². The summed E-state index contributed by atoms with van der Waals surface area (Å²) in [6.07, 6.45) is -0.420. The lowest BCUT2D eigenvalue weighted by atomic mass is 10.1. The van der Waals surface area contributed by atoms with Gasteiger partial charge in [0.05, 0.1) is 13.0 Å². The van der Waals surface area contributed by atoms with Gasteiger partial charge in [0.25, 0.3) is 0 Å². The number of aliphatic hydroxyl groups excluding tert-OH is 1. The maximum absolute atomic E-state index is 12.5. The number of hydrogen-bond acceptors (Lipinski definition) is 6. The molecule has 1 unspecified atom stereocenters. The van der Waals surface area contributed by atoms with Gasteiger partial charge in [0.15, 0.2) is 0 Å². The summed E-state index contributed by atoms with van der Waals surface area (Å²) in [6, 6.07) is 13.1. The topological polar surface area (TPSA) is 108 Å². The second kappa shape index (κ2) is 11.8. The summed E-state index contributed by atoms with van der Waals surface area (Å²) in [6.45, 7) is 8.18. The van der Waals surface area contributed by atoms with Gasteiger partial charge in [-0.15, -0.1) is 0 Å². The molecule has 0 saturated carbocycles. The van der Waals surface area contributed by atoms with Gasteiger partial charge in [0.1, 0.15) is 18.5 Å². The van der Waals surface area contributed by atoms with Crippen molar-refractivity contribution in [2.75, 3.05) is 51.2 Å². The number of ether oxygens (including phenoxy) is 1. The molecule has 1 atom stereocenters. The number of carbonyl (C=O) groups is 2. The first-order chi connectivity index (χ1) is 15.8. The van der Waals surface area contributed by atoms with E-state index in [1.807, 2.05) is 32.0 Å². The van der Waals surface area contributed by atoms with Gasteiger partial charge in [-0.25, -0.2) is 0 Å². The van der Waals surface area contributed by atoms with E-state index < -0.39 is 6.10 Å². The third kappa shape index (κ3) is 7.85. The molecule has 2 aromatic rings. The zero-order valence-corrected chi connectivity index (χ0v) is 19.4. The van der Waals surface area contributed by atoms with Gasteiger partial charge in [-0.1, -0.05) is 30.3 Å². The Kier molecular flexibility index (Phi) is 8.82. The molecule has 1 aliphatic rings. The Balaban J connectivity index is 1.35. The van der Waals surface area contributed by atoms with Crippen molar-refractivity contribution in [3.05, 3.63) is 59.2 Å². The standard InChI is InChI=1S/C25H34N4O4/c1-18-4-3-5-19(2)25(18)27-24(32)16-29-12-10-28(11-13-29)15-21(30)17-33-22-8-6-20(7-9-22)14-23(26)31/h3-9,21,30H,10-17H2,1-2H3,(H2,26,31)(H,27,32). The second-order valence-electron chi connectivity index (χ2n) is 8.64. The Morgan fingerprint density at radius 2 is 1.64 bits per heavy atom. The Bertz CT molecular complexity index is 920. The third-order valence-corrected chi connectivity index (χ3v) is 5.79. The molecule has 0 radical (unpaired) electrons. The SMILES string of the molecule is Cc1cccc(C)c1NC(=O)CN1CCN(CC(O)COc2ccc(CC(N)=O)cc2)CC1. The van der Waals surface area contributed by atoms with Crippen molar-refractivity contribution in [3.8, 4) is 5.75 Å². The van der Waals surface area contributed by atoms with Crippen LogP contribution in [0.5, 0.6) is 5.75 Å². The van der Waals surface area contributed by atoms with E-state index in [0.717, 1.165) is 48.6 Å². The number of aliphatic hydroxyl groups is 1. The van der Waals surface area contributed by atoms with Crippen molar-refractivity contribution < 1.29 is 19.4 Å². The van der Waals surface area contributed by atoms with Crippen LogP contribution in [0.1, 0.15) is 16.7 Å². The molecule has 3 rings (SSSR count). The fourth-order valence-electron chi connectivity index (χ4n) is 3.97. The van der Waals surface area contributed by atoms with Crippen LogP contribution in [0.3, 0.4) is 0 Å². The van der Waals surface area contributed by atoms with Crippen molar-refractivity contribution in [2.45, 2.75) is 26.4 Å². The number of para-hydroxylation sites is 1. The van der Waals surface area contributed by atoms with Crippen LogP contribution in [0.25, 0.3) is 0 Å². The second-order valence-corrected chi connectivity index (χ2v) is 8.64. The van der Waals surface area contributed by atoms with E-state index in [-0.39, 0.29) is 24.8 Å². The van der Waals surface area contributed by atoms with Gasteiger partial charge < -0.3 is 20.9 Å². The molecule has 1 saturated heterocycles. The summed E-state index contributed by atoms with van der Waals surface area (Å²) in [4.78, 5) is 27.8. The molecular weight excluding hydrogens is 420 g/mol. The van der Waals surface area contributed by atoms with E-state index in [0.29, 0.717) is 18.8 Å². The average Bonchev–Trinajstić information content (AvgIpc) is 2.77. The van der Waals surface area contributed by atoms with Crippen molar-refractivity contribution in [2.24, 2.45) is 5.73 Å². The fourth-order valence-corrected chi connectivity index (χ4v) is 3.97. The number of piperazine rings is 1. The van der Waals surface area contributed by atoms with Crippen LogP contribution in [-0.4, -0.2) is 78.7 Å². The fraction of sp³-hybridized carbons (Fsp3) is 0.440. The molecule has 1 heterocycles. The van der Waals surface area contributed by atoms with Gasteiger partial charge in [-0.05, 0) is 42.7 Å². The third-order valence-electron chi connectivity index (χ3n) is 5.79. The Labute approximate surface area is 195 Å². The smallest absolute Gasteiger partial charge is 0.238 e. The number of anilines is 1. The van der Waals surface area contributed by atoms with E-state index in [9.17, 15) is 14.7 Å². The molecule has 4 N–H and O–H groups in total. The van der Waals surface area contributed by atoms with Gasteiger partial charge in [-0.2, -0.15) is 0 Å².